The van der Waals surface area contributed by atoms with Crippen LogP contribution in [0.3, 0.4) is 0 Å². The van der Waals surface area contributed by atoms with Gasteiger partial charge in [-0.05, 0) is 84.1 Å². The molecule has 0 aromatic heterocycles. The predicted molar refractivity (Wildman–Crippen MR) is 129 cm³/mol. The van der Waals surface area contributed by atoms with Crippen molar-refractivity contribution in [2.45, 2.75) is 128 Å². The van der Waals surface area contributed by atoms with E-state index in [0.29, 0.717) is 0 Å². The molecule has 0 aromatic carbocycles. The zero-order valence-electron chi connectivity index (χ0n) is 20.2. The maximum absolute atomic E-state index is 2.91. The molecule has 5 saturated carbocycles. The van der Waals surface area contributed by atoms with Crippen LogP contribution in [0.15, 0.2) is 0 Å². The van der Waals surface area contributed by atoms with E-state index in [4.69, 9.17) is 0 Å². The summed E-state index contributed by atoms with van der Waals surface area (Å²) in [5, 5.41) is 0. The van der Waals surface area contributed by atoms with Crippen LogP contribution >= 0.6 is 0 Å². The molecule has 0 heterocycles. The van der Waals surface area contributed by atoms with Gasteiger partial charge >= 0.3 is 0 Å². The average molecular weight is 415 g/mol. The Morgan fingerprint density at radius 3 is 2.17 bits per heavy atom. The molecule has 5 rings (SSSR count). The number of fused-ring (bicyclic) bond motifs is 3. The zero-order chi connectivity index (χ0) is 20.2. The molecule has 1 heteroatoms. The minimum Gasteiger partial charge on any atom is -0.0689 e. The molecule has 0 saturated heterocycles. The van der Waals surface area contributed by atoms with Gasteiger partial charge < -0.3 is 0 Å². The number of hydrogen-bond acceptors (Lipinski definition) is 0. The second-order valence-corrected chi connectivity index (χ2v) is 18.4. The molecule has 0 bridgehead atoms. The number of hydrogen-bond donors (Lipinski definition) is 0. The van der Waals surface area contributed by atoms with Gasteiger partial charge in [0.25, 0.3) is 0 Å². The highest BCUT2D eigenvalue weighted by molar-refractivity contribution is 6.80. The predicted octanol–water partition coefficient (Wildman–Crippen LogP) is 8.93. The summed E-state index contributed by atoms with van der Waals surface area (Å²) in [7, 11) is -1.21. The third kappa shape index (κ3) is 3.62. The lowest BCUT2D eigenvalue weighted by molar-refractivity contribution is 0.154. The molecule has 10 atom stereocenters. The molecule has 0 amide bonds. The second kappa shape index (κ2) is 8.29. The normalized spacial score (nSPS) is 48.2. The Hall–Kier alpha value is 0.217. The summed E-state index contributed by atoms with van der Waals surface area (Å²) < 4.78 is 0. The standard InChI is InChI=1S/C28H50Si/c1-5-9-19(2)25-18-28(24-13-7-6-12-23(24)25)29(3,4)27-15-14-22-16-20-10-8-11-21(20)17-26(22)27/h19-28H,5-18H2,1-4H3. The average Bonchev–Trinajstić information content (AvgIpc) is 3.42. The molecule has 166 valence electrons. The summed E-state index contributed by atoms with van der Waals surface area (Å²) in [5.74, 6) is 8.92. The van der Waals surface area contributed by atoms with Gasteiger partial charge in [0.2, 0.25) is 0 Å². The molecule has 10 unspecified atom stereocenters. The molecule has 0 spiro atoms. The van der Waals surface area contributed by atoms with Crippen molar-refractivity contribution in [2.75, 3.05) is 0 Å². The fourth-order valence-electron chi connectivity index (χ4n) is 10.5. The first-order valence-electron chi connectivity index (χ1n) is 14.0. The van der Waals surface area contributed by atoms with Gasteiger partial charge in [-0.1, -0.05) is 91.1 Å². The summed E-state index contributed by atoms with van der Waals surface area (Å²) in [6.45, 7) is 10.9. The number of rotatable bonds is 5. The highest BCUT2D eigenvalue weighted by Gasteiger charge is 2.57. The Labute approximate surface area is 183 Å². The Bertz CT molecular complexity index is 567. The molecule has 5 fully saturated rings. The molecule has 5 aliphatic rings. The molecular formula is C28H50Si. The Morgan fingerprint density at radius 1 is 0.690 bits per heavy atom. The highest BCUT2D eigenvalue weighted by Crippen LogP contribution is 2.65. The monoisotopic (exact) mass is 414 g/mol. The van der Waals surface area contributed by atoms with E-state index in [1.165, 1.54) is 23.9 Å². The molecule has 5 aliphatic carbocycles. The quantitative estimate of drug-likeness (QED) is 0.394. The summed E-state index contributed by atoms with van der Waals surface area (Å²) in [6, 6.07) is 0. The summed E-state index contributed by atoms with van der Waals surface area (Å²) in [5.41, 5.74) is 2.35. The van der Waals surface area contributed by atoms with Crippen LogP contribution in [0.2, 0.25) is 24.2 Å². The van der Waals surface area contributed by atoms with Crippen LogP contribution in [-0.4, -0.2) is 8.07 Å². The van der Waals surface area contributed by atoms with E-state index < -0.39 is 8.07 Å². The third-order valence-electron chi connectivity index (χ3n) is 11.8. The van der Waals surface area contributed by atoms with Gasteiger partial charge in [0, 0.05) is 0 Å². The first-order valence-corrected chi connectivity index (χ1v) is 17.2. The minimum absolute atomic E-state index is 0.991. The van der Waals surface area contributed by atoms with Crippen molar-refractivity contribution in [3.8, 4) is 0 Å². The van der Waals surface area contributed by atoms with E-state index >= 15 is 0 Å². The van der Waals surface area contributed by atoms with Gasteiger partial charge in [-0.25, -0.2) is 0 Å². The Balaban J connectivity index is 1.36. The SMILES string of the molecule is CCCC(C)C1CC([Si](C)(C)C2CCC3CC4CCCC4CC32)C2CCCCC12. The van der Waals surface area contributed by atoms with Crippen molar-refractivity contribution < 1.29 is 0 Å². The van der Waals surface area contributed by atoms with Crippen LogP contribution in [0.25, 0.3) is 0 Å². The van der Waals surface area contributed by atoms with Crippen molar-refractivity contribution in [2.24, 2.45) is 47.3 Å². The molecule has 0 aliphatic heterocycles. The van der Waals surface area contributed by atoms with Crippen molar-refractivity contribution in [1.82, 2.24) is 0 Å². The second-order valence-electron chi connectivity index (χ2n) is 13.2. The van der Waals surface area contributed by atoms with Crippen molar-refractivity contribution in [3.63, 3.8) is 0 Å². The molecule has 0 aromatic rings. The van der Waals surface area contributed by atoms with E-state index in [-0.39, 0.29) is 0 Å². The lowest BCUT2D eigenvalue weighted by Gasteiger charge is -2.46. The van der Waals surface area contributed by atoms with E-state index in [0.717, 1.165) is 47.3 Å². The molecule has 0 nitrogen and oxygen atoms in total. The van der Waals surface area contributed by atoms with Gasteiger partial charge in [-0.2, -0.15) is 0 Å². The van der Waals surface area contributed by atoms with Crippen LogP contribution in [0.1, 0.15) is 104 Å². The smallest absolute Gasteiger partial charge is 0.0541 e. The van der Waals surface area contributed by atoms with Gasteiger partial charge in [0.1, 0.15) is 0 Å². The van der Waals surface area contributed by atoms with Gasteiger partial charge in [0.05, 0.1) is 8.07 Å². The summed E-state index contributed by atoms with van der Waals surface area (Å²) in [4.78, 5) is 0. The maximum Gasteiger partial charge on any atom is 0.0541 e. The van der Waals surface area contributed by atoms with Gasteiger partial charge in [-0.3, -0.25) is 0 Å². The molecule has 0 radical (unpaired) electrons. The van der Waals surface area contributed by atoms with E-state index in [9.17, 15) is 0 Å². The topological polar surface area (TPSA) is 0 Å². The molecule has 0 N–H and O–H groups in total. The fourth-order valence-corrected chi connectivity index (χ4v) is 15.9. The van der Waals surface area contributed by atoms with Crippen molar-refractivity contribution in [3.05, 3.63) is 0 Å². The lowest BCUT2D eigenvalue weighted by Crippen LogP contribution is -2.44. The van der Waals surface area contributed by atoms with Gasteiger partial charge in [0.15, 0.2) is 0 Å². The fraction of sp³-hybridized carbons (Fsp3) is 1.00. The van der Waals surface area contributed by atoms with Crippen LogP contribution in [0.5, 0.6) is 0 Å². The van der Waals surface area contributed by atoms with E-state index in [1.807, 2.05) is 0 Å². The maximum atomic E-state index is 2.91. The third-order valence-corrected chi connectivity index (χ3v) is 17.0. The van der Waals surface area contributed by atoms with E-state index in [1.54, 1.807) is 77.0 Å². The van der Waals surface area contributed by atoms with Crippen molar-refractivity contribution in [1.29, 1.82) is 0 Å². The zero-order valence-corrected chi connectivity index (χ0v) is 21.2. The van der Waals surface area contributed by atoms with Crippen LogP contribution < -0.4 is 0 Å². The van der Waals surface area contributed by atoms with Crippen molar-refractivity contribution >= 4 is 8.07 Å². The first-order chi connectivity index (χ1) is 14.0. The van der Waals surface area contributed by atoms with Crippen LogP contribution in [0, 0.1) is 47.3 Å². The van der Waals surface area contributed by atoms with Crippen LogP contribution in [0.4, 0.5) is 0 Å². The van der Waals surface area contributed by atoms with E-state index in [2.05, 4.69) is 26.9 Å². The molecule has 29 heavy (non-hydrogen) atoms. The minimum atomic E-state index is -1.21. The Kier molecular flexibility index (Phi) is 6.03. The lowest BCUT2D eigenvalue weighted by atomic mass is 9.71. The van der Waals surface area contributed by atoms with Gasteiger partial charge in [-0.15, -0.1) is 0 Å². The first kappa shape index (κ1) is 21.1. The largest absolute Gasteiger partial charge is 0.0689 e. The molecular weight excluding hydrogens is 364 g/mol. The highest BCUT2D eigenvalue weighted by atomic mass is 28.3. The summed E-state index contributed by atoms with van der Waals surface area (Å²) >= 11 is 0. The summed E-state index contributed by atoms with van der Waals surface area (Å²) in [6.07, 6.45) is 22.1. The van der Waals surface area contributed by atoms with Crippen LogP contribution in [-0.2, 0) is 0 Å². The Morgan fingerprint density at radius 2 is 1.41 bits per heavy atom.